The van der Waals surface area contributed by atoms with Crippen LogP contribution in [0, 0.1) is 11.8 Å². The standard InChI is InChI=1S/C13H21N3O4S/c1-9(2)16-8-12(5-14-16)21(19,20)15-6-10(3)4-11(7-15)13(17)18/h5,8-11H,4,6-7H2,1-3H3,(H,17,18). The summed E-state index contributed by atoms with van der Waals surface area (Å²) >= 11 is 0. The van der Waals surface area contributed by atoms with Crippen LogP contribution in [-0.2, 0) is 14.8 Å². The smallest absolute Gasteiger partial charge is 0.307 e. The number of aromatic nitrogens is 2. The lowest BCUT2D eigenvalue weighted by Gasteiger charge is -2.33. The molecule has 0 amide bonds. The SMILES string of the molecule is CC1CC(C(=O)O)CN(S(=O)(=O)c2cnn(C(C)C)c2)C1. The molecule has 0 radical (unpaired) electrons. The van der Waals surface area contributed by atoms with E-state index in [-0.39, 0.29) is 23.4 Å². The molecule has 1 aliphatic rings. The van der Waals surface area contributed by atoms with Crippen molar-refractivity contribution < 1.29 is 18.3 Å². The van der Waals surface area contributed by atoms with E-state index in [4.69, 9.17) is 5.11 Å². The minimum Gasteiger partial charge on any atom is -0.481 e. The Hall–Kier alpha value is -1.41. The van der Waals surface area contributed by atoms with Crippen LogP contribution in [0.4, 0.5) is 0 Å². The molecule has 0 aliphatic carbocycles. The molecule has 1 N–H and O–H groups in total. The molecule has 118 valence electrons. The molecule has 7 nitrogen and oxygen atoms in total. The normalized spacial score (nSPS) is 24.4. The van der Waals surface area contributed by atoms with Crippen LogP contribution in [0.15, 0.2) is 17.3 Å². The largest absolute Gasteiger partial charge is 0.481 e. The fourth-order valence-corrected chi connectivity index (χ4v) is 4.11. The molecule has 0 spiro atoms. The number of carbonyl (C=O) groups is 1. The minimum absolute atomic E-state index is 0.0227. The van der Waals surface area contributed by atoms with Crippen molar-refractivity contribution in [1.82, 2.24) is 14.1 Å². The second-order valence-electron chi connectivity index (χ2n) is 5.95. The minimum atomic E-state index is -3.69. The van der Waals surface area contributed by atoms with Crippen molar-refractivity contribution in [2.45, 2.75) is 38.1 Å². The lowest BCUT2D eigenvalue weighted by molar-refractivity contribution is -0.143. The number of piperidine rings is 1. The first-order valence-electron chi connectivity index (χ1n) is 6.99. The van der Waals surface area contributed by atoms with E-state index < -0.39 is 21.9 Å². The van der Waals surface area contributed by atoms with Gasteiger partial charge in [-0.15, -0.1) is 0 Å². The van der Waals surface area contributed by atoms with E-state index in [0.29, 0.717) is 13.0 Å². The number of nitrogens with zero attached hydrogens (tertiary/aromatic N) is 3. The van der Waals surface area contributed by atoms with E-state index in [1.165, 1.54) is 16.7 Å². The lowest BCUT2D eigenvalue weighted by Crippen LogP contribution is -2.45. The Morgan fingerprint density at radius 2 is 2.10 bits per heavy atom. The summed E-state index contributed by atoms with van der Waals surface area (Å²) in [5.41, 5.74) is 0. The topological polar surface area (TPSA) is 92.5 Å². The number of sulfonamides is 1. The number of carboxylic acid groups (broad SMARTS) is 1. The van der Waals surface area contributed by atoms with Crippen LogP contribution in [0.25, 0.3) is 0 Å². The van der Waals surface area contributed by atoms with Crippen molar-refractivity contribution >= 4 is 16.0 Å². The van der Waals surface area contributed by atoms with Gasteiger partial charge in [0.05, 0.1) is 12.1 Å². The first-order valence-corrected chi connectivity index (χ1v) is 8.43. The number of hydrogen-bond acceptors (Lipinski definition) is 4. The van der Waals surface area contributed by atoms with Crippen molar-refractivity contribution in [1.29, 1.82) is 0 Å². The summed E-state index contributed by atoms with van der Waals surface area (Å²) in [6.45, 7) is 6.06. The zero-order chi connectivity index (χ0) is 15.8. The third-order valence-corrected chi connectivity index (χ3v) is 5.50. The first-order chi connectivity index (χ1) is 9.71. The second kappa shape index (κ2) is 5.76. The molecule has 2 atom stereocenters. The highest BCUT2D eigenvalue weighted by atomic mass is 32.2. The van der Waals surface area contributed by atoms with Gasteiger partial charge in [-0.25, -0.2) is 8.42 Å². The van der Waals surface area contributed by atoms with E-state index in [0.717, 1.165) is 0 Å². The quantitative estimate of drug-likeness (QED) is 0.901. The second-order valence-corrected chi connectivity index (χ2v) is 7.89. The van der Waals surface area contributed by atoms with Gasteiger partial charge in [-0.1, -0.05) is 6.92 Å². The summed E-state index contributed by atoms with van der Waals surface area (Å²) < 4.78 is 28.1. The number of rotatable bonds is 4. The van der Waals surface area contributed by atoms with Crippen LogP contribution < -0.4 is 0 Å². The van der Waals surface area contributed by atoms with Gasteiger partial charge < -0.3 is 5.11 Å². The van der Waals surface area contributed by atoms with E-state index in [2.05, 4.69) is 5.10 Å². The van der Waals surface area contributed by atoms with Gasteiger partial charge in [-0.2, -0.15) is 9.40 Å². The Morgan fingerprint density at radius 3 is 2.62 bits per heavy atom. The third kappa shape index (κ3) is 3.26. The summed E-state index contributed by atoms with van der Waals surface area (Å²) in [5, 5.41) is 13.2. The van der Waals surface area contributed by atoms with Crippen molar-refractivity contribution in [3.63, 3.8) is 0 Å². The lowest BCUT2D eigenvalue weighted by atomic mass is 9.92. The van der Waals surface area contributed by atoms with E-state index >= 15 is 0 Å². The molecule has 1 aromatic rings. The van der Waals surface area contributed by atoms with Gasteiger partial charge >= 0.3 is 5.97 Å². The number of carboxylic acids is 1. The predicted molar refractivity (Wildman–Crippen MR) is 76.3 cm³/mol. The van der Waals surface area contributed by atoms with E-state index in [1.807, 2.05) is 20.8 Å². The Bertz CT molecular complexity index is 623. The Morgan fingerprint density at radius 1 is 1.43 bits per heavy atom. The highest BCUT2D eigenvalue weighted by molar-refractivity contribution is 7.89. The molecule has 0 saturated carbocycles. The first kappa shape index (κ1) is 16.0. The molecule has 0 aromatic carbocycles. The highest BCUT2D eigenvalue weighted by Gasteiger charge is 2.36. The van der Waals surface area contributed by atoms with Gasteiger partial charge in [-0.3, -0.25) is 9.48 Å². The van der Waals surface area contributed by atoms with Gasteiger partial charge in [0.15, 0.2) is 0 Å². The summed E-state index contributed by atoms with van der Waals surface area (Å²) in [6.07, 6.45) is 3.33. The van der Waals surface area contributed by atoms with Gasteiger partial charge in [0.1, 0.15) is 4.90 Å². The van der Waals surface area contributed by atoms with Gasteiger partial charge in [0.25, 0.3) is 0 Å². The van der Waals surface area contributed by atoms with E-state index in [9.17, 15) is 13.2 Å². The molecular weight excluding hydrogens is 294 g/mol. The number of hydrogen-bond donors (Lipinski definition) is 1. The molecule has 2 rings (SSSR count). The highest BCUT2D eigenvalue weighted by Crippen LogP contribution is 2.27. The molecule has 0 bridgehead atoms. The molecular formula is C13H21N3O4S. The Kier molecular flexibility index (Phi) is 4.38. The molecule has 1 saturated heterocycles. The maximum atomic E-state index is 12.6. The van der Waals surface area contributed by atoms with Crippen LogP contribution >= 0.6 is 0 Å². The fraction of sp³-hybridized carbons (Fsp3) is 0.692. The monoisotopic (exact) mass is 315 g/mol. The summed E-state index contributed by atoms with van der Waals surface area (Å²) in [6, 6.07) is 0.0704. The average molecular weight is 315 g/mol. The molecule has 1 fully saturated rings. The van der Waals surface area contributed by atoms with Crippen molar-refractivity contribution in [2.24, 2.45) is 11.8 Å². The van der Waals surface area contributed by atoms with Crippen LogP contribution in [0.2, 0.25) is 0 Å². The molecule has 1 aromatic heterocycles. The van der Waals surface area contributed by atoms with Crippen LogP contribution in [0.3, 0.4) is 0 Å². The predicted octanol–water partition coefficient (Wildman–Crippen LogP) is 1.20. The average Bonchev–Trinajstić information content (AvgIpc) is 2.88. The third-order valence-electron chi connectivity index (χ3n) is 3.72. The molecule has 21 heavy (non-hydrogen) atoms. The number of aliphatic carboxylic acids is 1. The fourth-order valence-electron chi connectivity index (χ4n) is 2.56. The zero-order valence-corrected chi connectivity index (χ0v) is 13.2. The summed E-state index contributed by atoms with van der Waals surface area (Å²) in [5.74, 6) is -1.57. The van der Waals surface area contributed by atoms with Gasteiger partial charge in [-0.05, 0) is 26.2 Å². The molecule has 8 heteroatoms. The zero-order valence-electron chi connectivity index (χ0n) is 12.4. The van der Waals surface area contributed by atoms with Crippen molar-refractivity contribution in [3.8, 4) is 0 Å². The molecule has 2 unspecified atom stereocenters. The maximum absolute atomic E-state index is 12.6. The Labute approximate surface area is 124 Å². The summed E-state index contributed by atoms with van der Waals surface area (Å²) in [7, 11) is -3.69. The van der Waals surface area contributed by atoms with Crippen molar-refractivity contribution in [2.75, 3.05) is 13.1 Å². The van der Waals surface area contributed by atoms with Gasteiger partial charge in [0, 0.05) is 25.3 Å². The maximum Gasteiger partial charge on any atom is 0.307 e. The summed E-state index contributed by atoms with van der Waals surface area (Å²) in [4.78, 5) is 11.3. The van der Waals surface area contributed by atoms with Crippen molar-refractivity contribution in [3.05, 3.63) is 12.4 Å². The van der Waals surface area contributed by atoms with Gasteiger partial charge in [0.2, 0.25) is 10.0 Å². The molecule has 1 aliphatic heterocycles. The molecule has 2 heterocycles. The Balaban J connectivity index is 2.27. The van der Waals surface area contributed by atoms with Crippen LogP contribution in [-0.4, -0.2) is 46.7 Å². The van der Waals surface area contributed by atoms with E-state index in [1.54, 1.807) is 4.68 Å². The van der Waals surface area contributed by atoms with Crippen LogP contribution in [0.1, 0.15) is 33.2 Å². The van der Waals surface area contributed by atoms with Crippen LogP contribution in [0.5, 0.6) is 0 Å².